The summed E-state index contributed by atoms with van der Waals surface area (Å²) in [6, 6.07) is 14.6. The van der Waals surface area contributed by atoms with E-state index in [2.05, 4.69) is 15.7 Å². The molecule has 144 valence electrons. The van der Waals surface area contributed by atoms with E-state index < -0.39 is 17.6 Å². The van der Waals surface area contributed by atoms with E-state index in [4.69, 9.17) is 4.74 Å². The number of benzene rings is 2. The highest BCUT2D eigenvalue weighted by atomic mass is 19.1. The van der Waals surface area contributed by atoms with Gasteiger partial charge in [-0.05, 0) is 24.3 Å². The first-order valence-corrected chi connectivity index (χ1v) is 8.65. The quantitative estimate of drug-likeness (QED) is 0.615. The van der Waals surface area contributed by atoms with Crippen LogP contribution in [0.15, 0.2) is 67.0 Å². The molecule has 2 amide bonds. The number of carbonyl (C=O) groups excluding carboxylic acids is 2. The molecule has 0 spiro atoms. The highest BCUT2D eigenvalue weighted by molar-refractivity contribution is 6.39. The lowest BCUT2D eigenvalue weighted by atomic mass is 10.2. The van der Waals surface area contributed by atoms with Gasteiger partial charge < -0.3 is 15.4 Å². The first kappa shape index (κ1) is 19.1. The lowest BCUT2D eigenvalue weighted by molar-refractivity contribution is -0.136. The van der Waals surface area contributed by atoms with Crippen LogP contribution in [-0.2, 0) is 22.7 Å². The summed E-state index contributed by atoms with van der Waals surface area (Å²) in [7, 11) is 0. The number of anilines is 1. The minimum Gasteiger partial charge on any atom is -0.492 e. The minimum atomic E-state index is -0.853. The van der Waals surface area contributed by atoms with Gasteiger partial charge in [0.05, 0.1) is 6.54 Å². The predicted octanol–water partition coefficient (Wildman–Crippen LogP) is 2.36. The van der Waals surface area contributed by atoms with Crippen molar-refractivity contribution in [2.24, 2.45) is 0 Å². The van der Waals surface area contributed by atoms with Gasteiger partial charge in [-0.2, -0.15) is 5.10 Å². The Hall–Kier alpha value is -3.68. The van der Waals surface area contributed by atoms with E-state index in [1.54, 1.807) is 47.3 Å². The minimum absolute atomic E-state index is 0.0739. The van der Waals surface area contributed by atoms with Crippen molar-refractivity contribution in [2.75, 3.05) is 11.9 Å². The van der Waals surface area contributed by atoms with Crippen LogP contribution in [0, 0.1) is 5.82 Å². The summed E-state index contributed by atoms with van der Waals surface area (Å²) in [5.74, 6) is -1.59. The second kappa shape index (κ2) is 9.31. The van der Waals surface area contributed by atoms with Crippen LogP contribution in [0.3, 0.4) is 0 Å². The summed E-state index contributed by atoms with van der Waals surface area (Å²) in [6.07, 6.45) is 3.52. The first-order valence-electron chi connectivity index (χ1n) is 8.65. The first-order chi connectivity index (χ1) is 13.6. The molecular formula is C20H19FN4O3. The Labute approximate surface area is 161 Å². The molecule has 8 heteroatoms. The Bertz CT molecular complexity index is 944. The van der Waals surface area contributed by atoms with Gasteiger partial charge in [0.2, 0.25) is 0 Å². The Morgan fingerprint density at radius 1 is 1.07 bits per heavy atom. The van der Waals surface area contributed by atoms with Crippen LogP contribution < -0.4 is 15.4 Å². The predicted molar refractivity (Wildman–Crippen MR) is 101 cm³/mol. The molecule has 28 heavy (non-hydrogen) atoms. The molecule has 7 nitrogen and oxygen atoms in total. The molecule has 0 saturated carbocycles. The van der Waals surface area contributed by atoms with Gasteiger partial charge >= 0.3 is 11.8 Å². The Balaban J connectivity index is 1.49. The molecule has 0 bridgehead atoms. The standard InChI is InChI=1S/C20H19FN4O3/c21-18-8-2-1-5-15(18)14-22-19(26)20(27)24-16-6-3-7-17(13-16)28-12-11-25-10-4-9-23-25/h1-10,13H,11-12,14H2,(H,22,26)(H,24,27). The molecule has 0 radical (unpaired) electrons. The Morgan fingerprint density at radius 2 is 1.93 bits per heavy atom. The number of amides is 2. The zero-order valence-corrected chi connectivity index (χ0v) is 15.0. The number of hydrogen-bond donors (Lipinski definition) is 2. The van der Waals surface area contributed by atoms with Crippen molar-refractivity contribution < 1.29 is 18.7 Å². The number of nitrogens with zero attached hydrogens (tertiary/aromatic N) is 2. The zero-order valence-electron chi connectivity index (χ0n) is 15.0. The van der Waals surface area contributed by atoms with E-state index in [1.807, 2.05) is 12.3 Å². The van der Waals surface area contributed by atoms with Crippen LogP contribution in [0.4, 0.5) is 10.1 Å². The largest absolute Gasteiger partial charge is 0.492 e. The van der Waals surface area contributed by atoms with Crippen LogP contribution in [0.2, 0.25) is 0 Å². The third-order valence-corrected chi connectivity index (χ3v) is 3.84. The maximum absolute atomic E-state index is 13.6. The number of ether oxygens (including phenoxy) is 1. The van der Waals surface area contributed by atoms with Crippen LogP contribution in [-0.4, -0.2) is 28.2 Å². The van der Waals surface area contributed by atoms with E-state index in [1.165, 1.54) is 12.1 Å². The maximum Gasteiger partial charge on any atom is 0.313 e. The number of carbonyl (C=O) groups is 2. The van der Waals surface area contributed by atoms with Gasteiger partial charge in [0.25, 0.3) is 0 Å². The average Bonchev–Trinajstić information content (AvgIpc) is 3.21. The van der Waals surface area contributed by atoms with E-state index in [-0.39, 0.29) is 6.54 Å². The zero-order chi connectivity index (χ0) is 19.8. The van der Waals surface area contributed by atoms with Gasteiger partial charge in [0.1, 0.15) is 18.2 Å². The monoisotopic (exact) mass is 382 g/mol. The fourth-order valence-corrected chi connectivity index (χ4v) is 2.44. The highest BCUT2D eigenvalue weighted by Gasteiger charge is 2.14. The second-order valence-corrected chi connectivity index (χ2v) is 5.87. The smallest absolute Gasteiger partial charge is 0.313 e. The molecule has 2 N–H and O–H groups in total. The van der Waals surface area contributed by atoms with Gasteiger partial charge in [0.15, 0.2) is 0 Å². The number of aromatic nitrogens is 2. The van der Waals surface area contributed by atoms with Crippen molar-refractivity contribution in [3.05, 3.63) is 78.4 Å². The summed E-state index contributed by atoms with van der Waals surface area (Å²) in [4.78, 5) is 24.0. The second-order valence-electron chi connectivity index (χ2n) is 5.87. The molecule has 2 aromatic carbocycles. The average molecular weight is 382 g/mol. The van der Waals surface area contributed by atoms with E-state index in [0.717, 1.165) is 0 Å². The summed E-state index contributed by atoms with van der Waals surface area (Å²) >= 11 is 0. The topological polar surface area (TPSA) is 85.3 Å². The van der Waals surface area contributed by atoms with Gasteiger partial charge in [-0.25, -0.2) is 4.39 Å². The fourth-order valence-electron chi connectivity index (χ4n) is 2.44. The lowest BCUT2D eigenvalue weighted by Crippen LogP contribution is -2.35. The fraction of sp³-hybridized carbons (Fsp3) is 0.150. The molecule has 0 saturated heterocycles. The summed E-state index contributed by atoms with van der Waals surface area (Å²) in [6.45, 7) is 0.916. The van der Waals surface area contributed by atoms with Crippen LogP contribution >= 0.6 is 0 Å². The van der Waals surface area contributed by atoms with Gasteiger partial charge in [-0.15, -0.1) is 0 Å². The highest BCUT2D eigenvalue weighted by Crippen LogP contribution is 2.17. The van der Waals surface area contributed by atoms with Gasteiger partial charge in [-0.1, -0.05) is 24.3 Å². The molecule has 1 aromatic heterocycles. The number of halogens is 1. The van der Waals surface area contributed by atoms with Gasteiger partial charge in [0, 0.05) is 36.3 Å². The van der Waals surface area contributed by atoms with Crippen molar-refractivity contribution in [3.8, 4) is 5.75 Å². The van der Waals surface area contributed by atoms with Crippen molar-refractivity contribution in [2.45, 2.75) is 13.1 Å². The van der Waals surface area contributed by atoms with E-state index in [9.17, 15) is 14.0 Å². The molecule has 0 atom stereocenters. The lowest BCUT2D eigenvalue weighted by Gasteiger charge is -2.10. The van der Waals surface area contributed by atoms with Crippen molar-refractivity contribution >= 4 is 17.5 Å². The molecule has 0 unspecified atom stereocenters. The number of nitrogens with one attached hydrogen (secondary N) is 2. The third-order valence-electron chi connectivity index (χ3n) is 3.84. The van der Waals surface area contributed by atoms with Gasteiger partial charge in [-0.3, -0.25) is 14.3 Å². The SMILES string of the molecule is O=C(NCc1ccccc1F)C(=O)Nc1cccc(OCCn2cccn2)c1. The number of hydrogen-bond acceptors (Lipinski definition) is 4. The third kappa shape index (κ3) is 5.41. The molecule has 3 aromatic rings. The molecule has 3 rings (SSSR count). The van der Waals surface area contributed by atoms with Crippen molar-refractivity contribution in [1.29, 1.82) is 0 Å². The molecule has 0 aliphatic rings. The normalized spacial score (nSPS) is 10.3. The van der Waals surface area contributed by atoms with Crippen molar-refractivity contribution in [1.82, 2.24) is 15.1 Å². The maximum atomic E-state index is 13.6. The molecule has 0 fully saturated rings. The Kier molecular flexibility index (Phi) is 6.35. The summed E-state index contributed by atoms with van der Waals surface area (Å²) < 4.78 is 20.9. The van der Waals surface area contributed by atoms with Crippen LogP contribution in [0.1, 0.15) is 5.56 Å². The van der Waals surface area contributed by atoms with Crippen LogP contribution in [0.5, 0.6) is 5.75 Å². The molecule has 0 aliphatic carbocycles. The molecule has 1 heterocycles. The van der Waals surface area contributed by atoms with Crippen molar-refractivity contribution in [3.63, 3.8) is 0 Å². The Morgan fingerprint density at radius 3 is 2.71 bits per heavy atom. The summed E-state index contributed by atoms with van der Waals surface area (Å²) in [5.41, 5.74) is 0.721. The van der Waals surface area contributed by atoms with E-state index in [0.29, 0.717) is 30.2 Å². The summed E-state index contributed by atoms with van der Waals surface area (Å²) in [5, 5.41) is 8.97. The molecular weight excluding hydrogens is 363 g/mol. The van der Waals surface area contributed by atoms with E-state index >= 15 is 0 Å². The van der Waals surface area contributed by atoms with Crippen LogP contribution in [0.25, 0.3) is 0 Å². The number of rotatable bonds is 7. The molecule has 0 aliphatic heterocycles.